The van der Waals surface area contributed by atoms with Gasteiger partial charge in [0, 0.05) is 22.3 Å². The second kappa shape index (κ2) is 13.6. The molecule has 0 aliphatic heterocycles. The van der Waals surface area contributed by atoms with E-state index in [1.165, 1.54) is 60.7 Å². The van der Waals surface area contributed by atoms with Gasteiger partial charge in [-0.25, -0.2) is 35.1 Å². The van der Waals surface area contributed by atoms with Crippen molar-refractivity contribution in [3.8, 4) is 36.4 Å². The largest absolute Gasteiger partial charge is 0.203 e. The molecule has 0 amide bonds. The normalized spacial score (nSPS) is 14.8. The summed E-state index contributed by atoms with van der Waals surface area (Å²) in [6.07, 6.45) is 2.20. The van der Waals surface area contributed by atoms with Crippen LogP contribution >= 0.6 is 0 Å². The third kappa shape index (κ3) is 5.11. The standard InChI is InChI=1S/C40H10F8N6/c41-33-27(15-53)34(42)38(46)31(37(33)45)25(13-51)29-21(19-7-3-1-5-17(19)11-49)9-23-24(29)10-22(20-8-4-2-6-18(20)12-50)30(23)26(14-52)32-39(47)35(43)28(16-54)36(44)40(32)48/h1-10H/b29-25-,30-26-. The zero-order valence-corrected chi connectivity index (χ0v) is 26.5. The molecule has 0 radical (unpaired) electrons. The van der Waals surface area contributed by atoms with E-state index in [1.807, 2.05) is 12.1 Å². The topological polar surface area (TPSA) is 143 Å². The average Bonchev–Trinajstić information content (AvgIpc) is 3.73. The molecular formula is C40H10F8N6. The lowest BCUT2D eigenvalue weighted by atomic mass is 9.85. The fraction of sp³-hybridized carbons (Fsp3) is 0. The molecule has 4 aromatic rings. The quantitative estimate of drug-likeness (QED) is 0.117. The Labute approximate surface area is 299 Å². The lowest BCUT2D eigenvalue weighted by Crippen LogP contribution is -2.08. The Morgan fingerprint density at radius 1 is 0.407 bits per heavy atom. The van der Waals surface area contributed by atoms with E-state index < -0.39 is 91.1 Å². The van der Waals surface area contributed by atoms with Crippen molar-refractivity contribution in [3.05, 3.63) is 174 Å². The number of nitriles is 6. The van der Waals surface area contributed by atoms with Gasteiger partial charge in [0.2, 0.25) is 0 Å². The van der Waals surface area contributed by atoms with Crippen LogP contribution in [0.4, 0.5) is 35.1 Å². The van der Waals surface area contributed by atoms with E-state index in [0.29, 0.717) is 0 Å². The van der Waals surface area contributed by atoms with Gasteiger partial charge in [-0.05, 0) is 46.6 Å². The van der Waals surface area contributed by atoms with Crippen molar-refractivity contribution in [1.29, 1.82) is 31.6 Å². The van der Waals surface area contributed by atoms with E-state index in [4.69, 9.17) is 10.5 Å². The molecule has 0 spiro atoms. The highest BCUT2D eigenvalue weighted by Crippen LogP contribution is 2.54. The Kier molecular flexibility index (Phi) is 9.00. The second-order valence-electron chi connectivity index (χ2n) is 11.2. The summed E-state index contributed by atoms with van der Waals surface area (Å²) >= 11 is 0. The van der Waals surface area contributed by atoms with Crippen molar-refractivity contribution < 1.29 is 35.1 Å². The molecule has 0 N–H and O–H groups in total. The van der Waals surface area contributed by atoms with Gasteiger partial charge in [0.15, 0.2) is 46.5 Å². The van der Waals surface area contributed by atoms with Crippen LogP contribution in [-0.4, -0.2) is 0 Å². The number of rotatable bonds is 4. The first-order valence-corrected chi connectivity index (χ1v) is 14.9. The minimum Gasteiger partial charge on any atom is -0.203 e. The van der Waals surface area contributed by atoms with Gasteiger partial charge in [-0.1, -0.05) is 36.4 Å². The first-order valence-electron chi connectivity index (χ1n) is 14.9. The Bertz CT molecular complexity index is 2620. The summed E-state index contributed by atoms with van der Waals surface area (Å²) < 4.78 is 123. The van der Waals surface area contributed by atoms with Crippen molar-refractivity contribution in [1.82, 2.24) is 0 Å². The number of nitrogens with zero attached hydrogens (tertiary/aromatic N) is 6. The summed E-state index contributed by atoms with van der Waals surface area (Å²) in [4.78, 5) is 0. The van der Waals surface area contributed by atoms with E-state index in [2.05, 4.69) is 0 Å². The number of halogens is 8. The maximum atomic E-state index is 15.7. The fourth-order valence-electron chi connectivity index (χ4n) is 6.26. The number of benzene rings is 4. The Morgan fingerprint density at radius 3 is 1.00 bits per heavy atom. The van der Waals surface area contributed by atoms with E-state index >= 15 is 35.1 Å². The fourth-order valence-corrected chi connectivity index (χ4v) is 6.26. The minimum atomic E-state index is -2.16. The van der Waals surface area contributed by atoms with Crippen LogP contribution in [0, 0.1) is 115 Å². The third-order valence-electron chi connectivity index (χ3n) is 8.59. The molecule has 2 aliphatic rings. The van der Waals surface area contributed by atoms with Crippen molar-refractivity contribution in [2.24, 2.45) is 0 Å². The van der Waals surface area contributed by atoms with Gasteiger partial charge in [0.25, 0.3) is 0 Å². The first kappa shape index (κ1) is 35.8. The van der Waals surface area contributed by atoms with Gasteiger partial charge in [0.1, 0.15) is 35.4 Å². The maximum Gasteiger partial charge on any atom is 0.180 e. The van der Waals surface area contributed by atoms with Crippen LogP contribution in [0.3, 0.4) is 0 Å². The van der Waals surface area contributed by atoms with Crippen molar-refractivity contribution in [2.45, 2.75) is 0 Å². The van der Waals surface area contributed by atoms with E-state index in [1.54, 1.807) is 0 Å². The molecule has 0 atom stereocenters. The molecule has 0 saturated carbocycles. The van der Waals surface area contributed by atoms with Crippen molar-refractivity contribution in [2.75, 3.05) is 0 Å². The number of hydrogen-bond acceptors (Lipinski definition) is 6. The van der Waals surface area contributed by atoms with E-state index in [0.717, 1.165) is 24.3 Å². The van der Waals surface area contributed by atoms with Crippen LogP contribution in [-0.2, 0) is 0 Å². The predicted molar refractivity (Wildman–Crippen MR) is 172 cm³/mol. The van der Waals surface area contributed by atoms with Crippen molar-refractivity contribution in [3.63, 3.8) is 0 Å². The van der Waals surface area contributed by atoms with Crippen LogP contribution < -0.4 is 0 Å². The summed E-state index contributed by atoms with van der Waals surface area (Å²) in [5.74, 6) is -17.2. The molecule has 4 aromatic carbocycles. The molecule has 0 heterocycles. The minimum absolute atomic E-state index is 0.0642. The summed E-state index contributed by atoms with van der Waals surface area (Å²) in [5.41, 5.74) is -11.3. The lowest BCUT2D eigenvalue weighted by molar-refractivity contribution is 0.447. The van der Waals surface area contributed by atoms with E-state index in [-0.39, 0.29) is 44.5 Å². The zero-order valence-electron chi connectivity index (χ0n) is 26.5. The molecule has 54 heavy (non-hydrogen) atoms. The Balaban J connectivity index is 1.87. The molecule has 14 heteroatoms. The van der Waals surface area contributed by atoms with Gasteiger partial charge in [-0.3, -0.25) is 0 Å². The van der Waals surface area contributed by atoms with Crippen LogP contribution in [0.5, 0.6) is 0 Å². The highest BCUT2D eigenvalue weighted by molar-refractivity contribution is 6.12. The number of allylic oxidation sites excluding steroid dienone is 10. The van der Waals surface area contributed by atoms with Gasteiger partial charge >= 0.3 is 0 Å². The van der Waals surface area contributed by atoms with Gasteiger partial charge < -0.3 is 0 Å². The maximum absolute atomic E-state index is 15.7. The molecule has 256 valence electrons. The van der Waals surface area contributed by atoms with Crippen molar-refractivity contribution >= 4 is 22.3 Å². The first-order chi connectivity index (χ1) is 25.9. The Morgan fingerprint density at radius 2 is 0.722 bits per heavy atom. The summed E-state index contributed by atoms with van der Waals surface area (Å²) in [5, 5.41) is 59.0. The zero-order chi connectivity index (χ0) is 39.2. The van der Waals surface area contributed by atoms with Crippen LogP contribution in [0.1, 0.15) is 44.5 Å². The Hall–Kier alpha value is -8.04. The van der Waals surface area contributed by atoms with Crippen LogP contribution in [0.25, 0.3) is 22.3 Å². The van der Waals surface area contributed by atoms with Gasteiger partial charge in [0.05, 0.1) is 45.5 Å². The average molecular weight is 727 g/mol. The summed E-state index contributed by atoms with van der Waals surface area (Å²) in [6.45, 7) is 0. The predicted octanol–water partition coefficient (Wildman–Crippen LogP) is 9.03. The molecule has 0 aromatic heterocycles. The molecule has 0 bridgehead atoms. The molecule has 6 nitrogen and oxygen atoms in total. The molecule has 6 rings (SSSR count). The summed E-state index contributed by atoms with van der Waals surface area (Å²) in [6, 6.07) is 19.6. The molecule has 0 fully saturated rings. The highest BCUT2D eigenvalue weighted by Gasteiger charge is 2.40. The smallest absolute Gasteiger partial charge is 0.180 e. The third-order valence-corrected chi connectivity index (χ3v) is 8.59. The van der Waals surface area contributed by atoms with Gasteiger partial charge in [-0.15, -0.1) is 0 Å². The van der Waals surface area contributed by atoms with Crippen LogP contribution in [0.15, 0.2) is 83.0 Å². The monoisotopic (exact) mass is 726 g/mol. The summed E-state index contributed by atoms with van der Waals surface area (Å²) in [7, 11) is 0. The molecule has 0 unspecified atom stereocenters. The molecule has 0 saturated heterocycles. The second-order valence-corrected chi connectivity index (χ2v) is 11.2. The van der Waals surface area contributed by atoms with Gasteiger partial charge in [-0.2, -0.15) is 31.6 Å². The number of hydrogen-bond donors (Lipinski definition) is 0. The SMILES string of the molecule is N#C/C(=C1\C(c2ccccc2C#N)=CC2=C1C=C(c1ccccc1C#N)/C2=C(\C#N)c1c(F)c(F)c(C#N)c(F)c1F)c1c(F)c(F)c(C#N)c(F)c1F. The van der Waals surface area contributed by atoms with E-state index in [9.17, 15) is 21.0 Å². The lowest BCUT2D eigenvalue weighted by Gasteiger charge is -2.17. The molecular weight excluding hydrogens is 716 g/mol. The highest BCUT2D eigenvalue weighted by atomic mass is 19.2. The molecule has 2 aliphatic carbocycles. The van der Waals surface area contributed by atoms with Crippen LogP contribution in [0.2, 0.25) is 0 Å².